The van der Waals surface area contributed by atoms with Gasteiger partial charge in [0.1, 0.15) is 0 Å². The fourth-order valence-electron chi connectivity index (χ4n) is 2.35. The summed E-state index contributed by atoms with van der Waals surface area (Å²) in [4.78, 5) is 13.7. The van der Waals surface area contributed by atoms with Gasteiger partial charge in [0.05, 0.1) is 6.04 Å². The Labute approximate surface area is 135 Å². The highest BCUT2D eigenvalue weighted by molar-refractivity contribution is 7.98. The molecule has 0 spiro atoms. The van der Waals surface area contributed by atoms with E-state index in [0.717, 1.165) is 16.0 Å². The Morgan fingerprint density at radius 2 is 1.95 bits per heavy atom. The van der Waals surface area contributed by atoms with Gasteiger partial charge in [-0.3, -0.25) is 4.79 Å². The molecule has 2 aromatic rings. The lowest BCUT2D eigenvalue weighted by molar-refractivity contribution is 0.0929. The molecule has 0 bridgehead atoms. The average Bonchev–Trinajstić information content (AvgIpc) is 2.55. The summed E-state index contributed by atoms with van der Waals surface area (Å²) in [5, 5.41) is 12.3. The molecule has 1 atom stereocenters. The first-order valence-electron chi connectivity index (χ1n) is 7.27. The number of hydrogen-bond donors (Lipinski definition) is 2. The molecule has 0 saturated heterocycles. The smallest absolute Gasteiger partial charge is 0.252 e. The van der Waals surface area contributed by atoms with E-state index in [4.69, 9.17) is 0 Å². The molecule has 0 aliphatic rings. The van der Waals surface area contributed by atoms with Gasteiger partial charge < -0.3 is 10.4 Å². The molecule has 2 rings (SSSR count). The lowest BCUT2D eigenvalue weighted by Gasteiger charge is -2.19. The molecule has 0 aliphatic heterocycles. The van der Waals surface area contributed by atoms with E-state index >= 15 is 0 Å². The largest absolute Gasteiger partial charge is 0.396 e. The molecule has 0 heterocycles. The summed E-state index contributed by atoms with van der Waals surface area (Å²) < 4.78 is 0. The van der Waals surface area contributed by atoms with Gasteiger partial charge in [0, 0.05) is 17.1 Å². The number of aliphatic hydroxyl groups excluding tert-OH is 1. The molecule has 0 aromatic heterocycles. The van der Waals surface area contributed by atoms with E-state index in [1.54, 1.807) is 11.8 Å². The summed E-state index contributed by atoms with van der Waals surface area (Å²) in [6.07, 6.45) is 2.49. The van der Waals surface area contributed by atoms with Crippen LogP contribution in [0.4, 0.5) is 0 Å². The van der Waals surface area contributed by atoms with Crippen LogP contribution in [-0.2, 0) is 0 Å². The molecule has 2 N–H and O–H groups in total. The topological polar surface area (TPSA) is 49.3 Å². The first-order valence-corrected chi connectivity index (χ1v) is 8.49. The third-order valence-electron chi connectivity index (χ3n) is 3.61. The number of amides is 1. The van der Waals surface area contributed by atoms with Crippen LogP contribution in [0.15, 0.2) is 53.4 Å². The highest BCUT2D eigenvalue weighted by Crippen LogP contribution is 2.21. The van der Waals surface area contributed by atoms with Crippen LogP contribution in [-0.4, -0.2) is 23.9 Å². The predicted molar refractivity (Wildman–Crippen MR) is 91.3 cm³/mol. The fourth-order valence-corrected chi connectivity index (χ4v) is 2.79. The molecule has 3 nitrogen and oxygen atoms in total. The number of aryl methyl sites for hydroxylation is 1. The van der Waals surface area contributed by atoms with Crippen LogP contribution >= 0.6 is 11.8 Å². The van der Waals surface area contributed by atoms with Crippen LogP contribution in [0, 0.1) is 6.92 Å². The Morgan fingerprint density at radius 3 is 2.59 bits per heavy atom. The molecular formula is C18H21NO2S. The molecule has 116 valence electrons. The van der Waals surface area contributed by atoms with Crippen molar-refractivity contribution < 1.29 is 9.90 Å². The lowest BCUT2D eigenvalue weighted by Crippen LogP contribution is -2.29. The van der Waals surface area contributed by atoms with Crippen molar-refractivity contribution >= 4 is 17.7 Å². The predicted octanol–water partition coefficient (Wildman–Crippen LogP) is 3.57. The van der Waals surface area contributed by atoms with Gasteiger partial charge in [0.25, 0.3) is 5.91 Å². The minimum Gasteiger partial charge on any atom is -0.396 e. The number of rotatable bonds is 6. The van der Waals surface area contributed by atoms with Crippen molar-refractivity contribution in [2.45, 2.75) is 24.3 Å². The summed E-state index contributed by atoms with van der Waals surface area (Å²) >= 11 is 1.61. The maximum atomic E-state index is 12.6. The van der Waals surface area contributed by atoms with E-state index in [2.05, 4.69) is 5.32 Å². The number of carbonyl (C=O) groups is 1. The minimum absolute atomic E-state index is 0.0314. The van der Waals surface area contributed by atoms with Gasteiger partial charge in [-0.25, -0.2) is 0 Å². The van der Waals surface area contributed by atoms with Gasteiger partial charge in [-0.2, -0.15) is 0 Å². The number of thioether (sulfide) groups is 1. The van der Waals surface area contributed by atoms with E-state index in [-0.39, 0.29) is 18.6 Å². The van der Waals surface area contributed by atoms with E-state index in [0.29, 0.717) is 12.0 Å². The zero-order chi connectivity index (χ0) is 15.9. The molecule has 2 aromatic carbocycles. The number of hydrogen-bond acceptors (Lipinski definition) is 3. The molecule has 0 saturated carbocycles. The normalized spacial score (nSPS) is 12.0. The molecule has 1 amide bonds. The van der Waals surface area contributed by atoms with Crippen molar-refractivity contribution in [3.8, 4) is 0 Å². The molecule has 22 heavy (non-hydrogen) atoms. The highest BCUT2D eigenvalue weighted by Gasteiger charge is 2.17. The van der Waals surface area contributed by atoms with Crippen molar-refractivity contribution in [3.05, 3.63) is 65.2 Å². The lowest BCUT2D eigenvalue weighted by atomic mass is 10.0. The van der Waals surface area contributed by atoms with E-state index in [9.17, 15) is 9.90 Å². The van der Waals surface area contributed by atoms with Crippen molar-refractivity contribution in [2.75, 3.05) is 12.9 Å². The van der Waals surface area contributed by atoms with Crippen molar-refractivity contribution in [1.82, 2.24) is 5.32 Å². The maximum Gasteiger partial charge on any atom is 0.252 e. The number of aliphatic hydroxyl groups is 1. The number of carbonyl (C=O) groups excluding carboxylic acids is 1. The molecule has 0 fully saturated rings. The second kappa shape index (κ2) is 8.01. The average molecular weight is 315 g/mol. The van der Waals surface area contributed by atoms with E-state index < -0.39 is 0 Å². The van der Waals surface area contributed by atoms with Gasteiger partial charge in [-0.05, 0) is 42.9 Å². The van der Waals surface area contributed by atoms with Gasteiger partial charge in [0.15, 0.2) is 0 Å². The second-order valence-corrected chi connectivity index (χ2v) is 6.01. The molecule has 4 heteroatoms. The first-order chi connectivity index (χ1) is 10.7. The molecule has 1 unspecified atom stereocenters. The SMILES string of the molecule is CSc1ccc(C)c(C(=O)NC(CCO)c2ccccc2)c1. The third kappa shape index (κ3) is 4.12. The number of benzene rings is 2. The monoisotopic (exact) mass is 315 g/mol. The quantitative estimate of drug-likeness (QED) is 0.801. The molecular weight excluding hydrogens is 294 g/mol. The third-order valence-corrected chi connectivity index (χ3v) is 4.34. The van der Waals surface area contributed by atoms with E-state index in [1.807, 2.05) is 61.7 Å². The van der Waals surface area contributed by atoms with Crippen molar-refractivity contribution in [1.29, 1.82) is 0 Å². The van der Waals surface area contributed by atoms with Gasteiger partial charge >= 0.3 is 0 Å². The summed E-state index contributed by atoms with van der Waals surface area (Å²) in [7, 11) is 0. The van der Waals surface area contributed by atoms with Crippen LogP contribution in [0.1, 0.15) is 33.9 Å². The molecule has 0 aliphatic carbocycles. The van der Waals surface area contributed by atoms with Gasteiger partial charge in [-0.1, -0.05) is 36.4 Å². The van der Waals surface area contributed by atoms with Crippen LogP contribution < -0.4 is 5.32 Å². The van der Waals surface area contributed by atoms with Crippen molar-refractivity contribution in [3.63, 3.8) is 0 Å². The Bertz CT molecular complexity index is 628. The number of nitrogens with one attached hydrogen (secondary N) is 1. The second-order valence-electron chi connectivity index (χ2n) is 5.13. The fraction of sp³-hybridized carbons (Fsp3) is 0.278. The Kier molecular flexibility index (Phi) is 6.04. The minimum atomic E-state index is -0.184. The Hall–Kier alpha value is -1.78. The maximum absolute atomic E-state index is 12.6. The van der Waals surface area contributed by atoms with Crippen LogP contribution in [0.3, 0.4) is 0 Å². The Morgan fingerprint density at radius 1 is 1.23 bits per heavy atom. The Balaban J connectivity index is 2.21. The van der Waals surface area contributed by atoms with Gasteiger partial charge in [-0.15, -0.1) is 11.8 Å². The van der Waals surface area contributed by atoms with Crippen molar-refractivity contribution in [2.24, 2.45) is 0 Å². The van der Waals surface area contributed by atoms with Crippen LogP contribution in [0.5, 0.6) is 0 Å². The highest BCUT2D eigenvalue weighted by atomic mass is 32.2. The van der Waals surface area contributed by atoms with E-state index in [1.165, 1.54) is 0 Å². The van der Waals surface area contributed by atoms with Crippen LogP contribution in [0.25, 0.3) is 0 Å². The summed E-state index contributed by atoms with van der Waals surface area (Å²) in [5.74, 6) is -0.101. The van der Waals surface area contributed by atoms with Gasteiger partial charge in [0.2, 0.25) is 0 Å². The zero-order valence-corrected chi connectivity index (χ0v) is 13.7. The van der Waals surface area contributed by atoms with Crippen LogP contribution in [0.2, 0.25) is 0 Å². The first kappa shape index (κ1) is 16.6. The zero-order valence-electron chi connectivity index (χ0n) is 12.9. The summed E-state index contributed by atoms with van der Waals surface area (Å²) in [6, 6.07) is 15.4. The summed E-state index contributed by atoms with van der Waals surface area (Å²) in [5.41, 5.74) is 2.64. The summed E-state index contributed by atoms with van der Waals surface area (Å²) in [6.45, 7) is 1.96. The molecule has 0 radical (unpaired) electrons. The standard InChI is InChI=1S/C18H21NO2S/c1-13-8-9-15(22-2)12-16(13)18(21)19-17(10-11-20)14-6-4-3-5-7-14/h3-9,12,17,20H,10-11H2,1-2H3,(H,19,21).